The third-order valence-corrected chi connectivity index (χ3v) is 4.44. The highest BCUT2D eigenvalue weighted by molar-refractivity contribution is 5.62. The first-order valence-corrected chi connectivity index (χ1v) is 7.92. The number of ether oxygens (including phenoxy) is 2. The van der Waals surface area contributed by atoms with E-state index in [4.69, 9.17) is 9.47 Å². The van der Waals surface area contributed by atoms with Crippen molar-refractivity contribution in [2.75, 3.05) is 0 Å². The largest absolute Gasteiger partial charge is 0.509 e. The number of cyclic esters (lactones) is 2. The molecule has 0 N–H and O–H groups in total. The molecule has 112 valence electrons. The fourth-order valence-corrected chi connectivity index (χ4v) is 3.30. The molecule has 3 heteroatoms. The Bertz CT molecular complexity index is 488. The first-order chi connectivity index (χ1) is 10.3. The topological polar surface area (TPSA) is 35.5 Å². The van der Waals surface area contributed by atoms with Crippen molar-refractivity contribution < 1.29 is 14.3 Å². The molecule has 0 amide bonds. The third kappa shape index (κ3) is 3.87. The van der Waals surface area contributed by atoms with Crippen molar-refractivity contribution in [3.63, 3.8) is 0 Å². The Morgan fingerprint density at radius 2 is 1.76 bits per heavy atom. The van der Waals surface area contributed by atoms with Gasteiger partial charge in [0.05, 0.1) is 0 Å². The van der Waals surface area contributed by atoms with Crippen LogP contribution in [-0.2, 0) is 9.47 Å². The molecule has 1 unspecified atom stereocenters. The summed E-state index contributed by atoms with van der Waals surface area (Å²) in [5.41, 5.74) is 1.12. The number of hydrogen-bond donors (Lipinski definition) is 0. The monoisotopic (exact) mass is 286 g/mol. The summed E-state index contributed by atoms with van der Waals surface area (Å²) in [6.07, 6.45) is 10.3. The third-order valence-electron chi connectivity index (χ3n) is 4.44. The van der Waals surface area contributed by atoms with Gasteiger partial charge in [-0.1, -0.05) is 55.7 Å². The van der Waals surface area contributed by atoms with E-state index in [0.717, 1.165) is 12.0 Å². The SMILES string of the molecule is O=C1OC(/C=C/c2ccccc2)C[C@@H](C2CCCCC2)O1. The van der Waals surface area contributed by atoms with Gasteiger partial charge in [0.25, 0.3) is 0 Å². The zero-order valence-electron chi connectivity index (χ0n) is 12.2. The maximum Gasteiger partial charge on any atom is 0.509 e. The van der Waals surface area contributed by atoms with Crippen LogP contribution in [0.25, 0.3) is 6.08 Å². The molecule has 1 aromatic rings. The summed E-state index contributed by atoms with van der Waals surface area (Å²) in [6, 6.07) is 10.1. The maximum absolute atomic E-state index is 11.7. The molecule has 0 aromatic heterocycles. The lowest BCUT2D eigenvalue weighted by molar-refractivity contribution is -0.0695. The van der Waals surface area contributed by atoms with Crippen LogP contribution in [0.1, 0.15) is 44.1 Å². The number of carbonyl (C=O) groups excluding carboxylic acids is 1. The Labute approximate surface area is 125 Å². The van der Waals surface area contributed by atoms with Crippen molar-refractivity contribution in [1.82, 2.24) is 0 Å². The zero-order valence-corrected chi connectivity index (χ0v) is 12.2. The minimum absolute atomic E-state index is 0.0250. The van der Waals surface area contributed by atoms with E-state index in [2.05, 4.69) is 0 Å². The summed E-state index contributed by atoms with van der Waals surface area (Å²) in [7, 11) is 0. The van der Waals surface area contributed by atoms with Crippen LogP contribution in [0.2, 0.25) is 0 Å². The van der Waals surface area contributed by atoms with Gasteiger partial charge in [-0.3, -0.25) is 0 Å². The van der Waals surface area contributed by atoms with Crippen LogP contribution in [0.5, 0.6) is 0 Å². The molecule has 1 saturated carbocycles. The number of rotatable bonds is 3. The summed E-state index contributed by atoms with van der Waals surface area (Å²) >= 11 is 0. The van der Waals surface area contributed by atoms with Crippen molar-refractivity contribution >= 4 is 12.2 Å². The minimum Gasteiger partial charge on any atom is -0.431 e. The predicted octanol–water partition coefficient (Wildman–Crippen LogP) is 4.57. The average molecular weight is 286 g/mol. The van der Waals surface area contributed by atoms with Crippen molar-refractivity contribution in [1.29, 1.82) is 0 Å². The second-order valence-electron chi connectivity index (χ2n) is 5.97. The van der Waals surface area contributed by atoms with E-state index < -0.39 is 6.16 Å². The summed E-state index contributed by atoms with van der Waals surface area (Å²) < 4.78 is 10.7. The van der Waals surface area contributed by atoms with E-state index in [1.54, 1.807) is 0 Å². The lowest BCUT2D eigenvalue weighted by Gasteiger charge is -2.34. The van der Waals surface area contributed by atoms with Gasteiger partial charge in [0.2, 0.25) is 0 Å². The summed E-state index contributed by atoms with van der Waals surface area (Å²) in [5, 5.41) is 0. The van der Waals surface area contributed by atoms with E-state index in [1.165, 1.54) is 32.1 Å². The standard InChI is InChI=1S/C18H22O3/c19-18-20-16(12-11-14-7-3-1-4-8-14)13-17(21-18)15-9-5-2-6-10-15/h1,3-4,7-8,11-12,15-17H,2,5-6,9-10,13H2/b12-11+/t16?,17-/m0/s1. The van der Waals surface area contributed by atoms with Crippen molar-refractivity contribution in [3.8, 4) is 0 Å². The van der Waals surface area contributed by atoms with Gasteiger partial charge in [-0.25, -0.2) is 4.79 Å². The van der Waals surface area contributed by atoms with Crippen LogP contribution >= 0.6 is 0 Å². The fraction of sp³-hybridized carbons (Fsp3) is 0.500. The Morgan fingerprint density at radius 3 is 2.52 bits per heavy atom. The molecule has 1 aromatic carbocycles. The average Bonchev–Trinajstić information content (AvgIpc) is 2.54. The van der Waals surface area contributed by atoms with Crippen molar-refractivity contribution in [2.24, 2.45) is 5.92 Å². The lowest BCUT2D eigenvalue weighted by atomic mass is 9.83. The normalized spacial score (nSPS) is 27.3. The highest BCUT2D eigenvalue weighted by Gasteiger charge is 2.34. The molecular weight excluding hydrogens is 264 g/mol. The van der Waals surface area contributed by atoms with Crippen LogP contribution < -0.4 is 0 Å². The second-order valence-corrected chi connectivity index (χ2v) is 5.97. The highest BCUT2D eigenvalue weighted by Crippen LogP contribution is 2.32. The molecular formula is C18H22O3. The van der Waals surface area contributed by atoms with E-state index in [-0.39, 0.29) is 12.2 Å². The van der Waals surface area contributed by atoms with Crippen LogP contribution in [0, 0.1) is 5.92 Å². The van der Waals surface area contributed by atoms with Crippen LogP contribution in [0.15, 0.2) is 36.4 Å². The molecule has 1 aliphatic carbocycles. The Morgan fingerprint density at radius 1 is 1.00 bits per heavy atom. The highest BCUT2D eigenvalue weighted by atomic mass is 16.7. The van der Waals surface area contributed by atoms with Gasteiger partial charge in [-0.2, -0.15) is 0 Å². The zero-order chi connectivity index (χ0) is 14.5. The molecule has 1 heterocycles. The quantitative estimate of drug-likeness (QED) is 0.763. The van der Waals surface area contributed by atoms with Gasteiger partial charge in [0.1, 0.15) is 12.2 Å². The van der Waals surface area contributed by atoms with Crippen molar-refractivity contribution in [3.05, 3.63) is 42.0 Å². The van der Waals surface area contributed by atoms with Gasteiger partial charge >= 0.3 is 6.16 Å². The molecule has 21 heavy (non-hydrogen) atoms. The molecule has 1 saturated heterocycles. The summed E-state index contributed by atoms with van der Waals surface area (Å²) in [4.78, 5) is 11.7. The van der Waals surface area contributed by atoms with Crippen LogP contribution in [-0.4, -0.2) is 18.4 Å². The van der Waals surface area contributed by atoms with E-state index in [1.807, 2.05) is 42.5 Å². The molecule has 0 bridgehead atoms. The van der Waals surface area contributed by atoms with E-state index >= 15 is 0 Å². The Balaban J connectivity index is 1.62. The Kier molecular flexibility index (Phi) is 4.59. The molecule has 0 radical (unpaired) electrons. The van der Waals surface area contributed by atoms with E-state index in [9.17, 15) is 4.79 Å². The van der Waals surface area contributed by atoms with E-state index in [0.29, 0.717) is 5.92 Å². The molecule has 0 spiro atoms. The number of hydrogen-bond acceptors (Lipinski definition) is 3. The summed E-state index contributed by atoms with van der Waals surface area (Å²) in [6.45, 7) is 0. The van der Waals surface area contributed by atoms with Gasteiger partial charge in [0, 0.05) is 6.42 Å². The number of benzene rings is 1. The van der Waals surface area contributed by atoms with Gasteiger partial charge < -0.3 is 9.47 Å². The molecule has 2 atom stereocenters. The summed E-state index contributed by atoms with van der Waals surface area (Å²) in [5.74, 6) is 0.513. The Hall–Kier alpha value is -1.77. The molecule has 3 nitrogen and oxygen atoms in total. The van der Waals surface area contributed by atoms with Crippen LogP contribution in [0.4, 0.5) is 4.79 Å². The molecule has 2 aliphatic rings. The fourth-order valence-electron chi connectivity index (χ4n) is 3.30. The first kappa shape index (κ1) is 14.2. The van der Waals surface area contributed by atoms with Crippen LogP contribution in [0.3, 0.4) is 0 Å². The molecule has 3 rings (SSSR count). The molecule has 2 fully saturated rings. The predicted molar refractivity (Wildman–Crippen MR) is 81.8 cm³/mol. The van der Waals surface area contributed by atoms with Gasteiger partial charge in [-0.15, -0.1) is 0 Å². The van der Waals surface area contributed by atoms with Crippen molar-refractivity contribution in [2.45, 2.75) is 50.7 Å². The lowest BCUT2D eigenvalue weighted by Crippen LogP contribution is -2.38. The molecule has 1 aliphatic heterocycles. The smallest absolute Gasteiger partial charge is 0.431 e. The first-order valence-electron chi connectivity index (χ1n) is 7.92. The van der Waals surface area contributed by atoms with Gasteiger partial charge in [-0.05, 0) is 30.4 Å². The number of carbonyl (C=O) groups is 1. The second kappa shape index (κ2) is 6.79. The van der Waals surface area contributed by atoms with Gasteiger partial charge in [0.15, 0.2) is 0 Å². The minimum atomic E-state index is -0.514. The maximum atomic E-state index is 11.7.